The summed E-state index contributed by atoms with van der Waals surface area (Å²) in [4.78, 5) is 33.5. The first-order valence-electron chi connectivity index (χ1n) is 7.49. The predicted molar refractivity (Wildman–Crippen MR) is 81.0 cm³/mol. The van der Waals surface area contributed by atoms with Crippen LogP contribution in [0.25, 0.3) is 0 Å². The number of rotatable bonds is 5. The third kappa shape index (κ3) is 3.10. The van der Waals surface area contributed by atoms with Gasteiger partial charge in [-0.05, 0) is 19.8 Å². The summed E-state index contributed by atoms with van der Waals surface area (Å²) in [5.74, 6) is 0.113. The molecule has 2 fully saturated rings. The lowest BCUT2D eigenvalue weighted by Gasteiger charge is -2.21. The van der Waals surface area contributed by atoms with Crippen LogP contribution in [0.5, 0.6) is 0 Å². The number of likely N-dealkylation sites (N-methyl/N-ethyl adjacent to an activating group) is 1. The average Bonchev–Trinajstić information content (AvgIpc) is 3.12. The Morgan fingerprint density at radius 3 is 2.90 bits per heavy atom. The summed E-state index contributed by atoms with van der Waals surface area (Å²) in [5, 5.41) is 0. The maximum Gasteiger partial charge on any atom is 0.227 e. The highest BCUT2D eigenvalue weighted by molar-refractivity contribution is 7.09. The lowest BCUT2D eigenvalue weighted by atomic mass is 10.1. The summed E-state index contributed by atoms with van der Waals surface area (Å²) in [6.07, 6.45) is 3.44. The van der Waals surface area contributed by atoms with E-state index in [4.69, 9.17) is 0 Å². The van der Waals surface area contributed by atoms with E-state index in [1.54, 1.807) is 16.2 Å². The molecule has 0 N–H and O–H groups in total. The Labute approximate surface area is 129 Å². The Hall–Kier alpha value is -1.43. The summed E-state index contributed by atoms with van der Waals surface area (Å²) in [7, 11) is 1.84. The molecule has 1 aliphatic heterocycles. The van der Waals surface area contributed by atoms with Crippen LogP contribution in [-0.2, 0) is 16.0 Å². The Kier molecular flexibility index (Phi) is 3.97. The zero-order chi connectivity index (χ0) is 15.0. The van der Waals surface area contributed by atoms with Crippen LogP contribution < -0.4 is 0 Å². The van der Waals surface area contributed by atoms with Crippen LogP contribution in [0.4, 0.5) is 0 Å². The van der Waals surface area contributed by atoms with Crippen molar-refractivity contribution in [2.24, 2.45) is 5.92 Å². The third-order valence-electron chi connectivity index (χ3n) is 4.39. The van der Waals surface area contributed by atoms with Gasteiger partial charge in [0.2, 0.25) is 11.8 Å². The highest BCUT2D eigenvalue weighted by Crippen LogP contribution is 2.33. The van der Waals surface area contributed by atoms with Gasteiger partial charge in [0.1, 0.15) is 0 Å². The Morgan fingerprint density at radius 1 is 1.52 bits per heavy atom. The van der Waals surface area contributed by atoms with E-state index >= 15 is 0 Å². The molecule has 114 valence electrons. The minimum absolute atomic E-state index is 0.105. The van der Waals surface area contributed by atoms with Crippen molar-refractivity contribution in [1.29, 1.82) is 0 Å². The molecule has 2 aliphatic rings. The fraction of sp³-hybridized carbons (Fsp3) is 0.667. The van der Waals surface area contributed by atoms with E-state index in [9.17, 15) is 9.59 Å². The van der Waals surface area contributed by atoms with E-state index in [-0.39, 0.29) is 17.7 Å². The number of aryl methyl sites for hydroxylation is 1. The van der Waals surface area contributed by atoms with E-state index < -0.39 is 0 Å². The minimum Gasteiger partial charge on any atom is -0.345 e. The SMILES string of the molecule is Cc1ncsc1CCN(C)C(=O)[C@H]1CC(=O)N(C2CC2)C1. The number of thiazole rings is 1. The number of hydrogen-bond acceptors (Lipinski definition) is 4. The van der Waals surface area contributed by atoms with Gasteiger partial charge in [0.15, 0.2) is 0 Å². The van der Waals surface area contributed by atoms with Crippen molar-refractivity contribution in [3.63, 3.8) is 0 Å². The molecule has 2 heterocycles. The third-order valence-corrected chi connectivity index (χ3v) is 5.39. The normalized spacial score (nSPS) is 21.9. The van der Waals surface area contributed by atoms with Crippen molar-refractivity contribution in [3.05, 3.63) is 16.1 Å². The van der Waals surface area contributed by atoms with Crippen LogP contribution >= 0.6 is 11.3 Å². The molecular formula is C15H21N3O2S. The number of likely N-dealkylation sites (tertiary alicyclic amines) is 1. The Morgan fingerprint density at radius 2 is 2.29 bits per heavy atom. The van der Waals surface area contributed by atoms with Gasteiger partial charge in [0.25, 0.3) is 0 Å². The predicted octanol–water partition coefficient (Wildman–Crippen LogP) is 1.46. The molecule has 0 spiro atoms. The van der Waals surface area contributed by atoms with E-state index in [1.165, 1.54) is 4.88 Å². The van der Waals surface area contributed by atoms with Gasteiger partial charge in [-0.15, -0.1) is 11.3 Å². The van der Waals surface area contributed by atoms with Crippen molar-refractivity contribution in [2.75, 3.05) is 20.1 Å². The van der Waals surface area contributed by atoms with Crippen LogP contribution in [0.2, 0.25) is 0 Å². The standard InChI is InChI=1S/C15H21N3O2S/c1-10-13(21-9-16-10)5-6-17(2)15(20)11-7-14(19)18(8-11)12-3-4-12/h9,11-12H,3-8H2,1-2H3/t11-/m0/s1. The molecule has 1 aromatic heterocycles. The second-order valence-corrected chi connectivity index (χ2v) is 6.99. The molecule has 0 bridgehead atoms. The molecule has 2 amide bonds. The van der Waals surface area contributed by atoms with Crippen LogP contribution in [-0.4, -0.2) is 52.8 Å². The molecule has 0 unspecified atom stereocenters. The summed E-state index contributed by atoms with van der Waals surface area (Å²) in [6.45, 7) is 3.30. The number of nitrogens with zero attached hydrogens (tertiary/aromatic N) is 3. The number of carbonyl (C=O) groups is 2. The molecule has 5 nitrogen and oxygen atoms in total. The monoisotopic (exact) mass is 307 g/mol. The van der Waals surface area contributed by atoms with E-state index in [0.29, 0.717) is 25.6 Å². The summed E-state index contributed by atoms with van der Waals surface area (Å²) in [6, 6.07) is 0.417. The van der Waals surface area contributed by atoms with Crippen molar-refractivity contribution >= 4 is 23.2 Å². The van der Waals surface area contributed by atoms with Gasteiger partial charge < -0.3 is 9.80 Å². The molecule has 1 atom stereocenters. The molecule has 1 saturated heterocycles. The maximum absolute atomic E-state index is 12.5. The van der Waals surface area contributed by atoms with Crippen LogP contribution in [0, 0.1) is 12.8 Å². The minimum atomic E-state index is -0.148. The quantitative estimate of drug-likeness (QED) is 0.827. The topological polar surface area (TPSA) is 53.5 Å². The first kappa shape index (κ1) is 14.5. The van der Waals surface area contributed by atoms with Gasteiger partial charge in [-0.25, -0.2) is 4.98 Å². The maximum atomic E-state index is 12.5. The number of carbonyl (C=O) groups excluding carboxylic acids is 2. The second-order valence-electron chi connectivity index (χ2n) is 6.05. The molecule has 0 radical (unpaired) electrons. The lowest BCUT2D eigenvalue weighted by molar-refractivity contribution is -0.134. The van der Waals surface area contributed by atoms with Crippen LogP contribution in [0.1, 0.15) is 29.8 Å². The zero-order valence-corrected chi connectivity index (χ0v) is 13.4. The van der Waals surface area contributed by atoms with Crippen molar-refractivity contribution in [3.8, 4) is 0 Å². The second kappa shape index (κ2) is 5.75. The molecule has 3 rings (SSSR count). The van der Waals surface area contributed by atoms with Gasteiger partial charge in [0, 0.05) is 43.9 Å². The molecular weight excluding hydrogens is 286 g/mol. The first-order valence-corrected chi connectivity index (χ1v) is 8.37. The number of amides is 2. The van der Waals surface area contributed by atoms with Crippen LogP contribution in [0.3, 0.4) is 0 Å². The lowest BCUT2D eigenvalue weighted by Crippen LogP contribution is -2.36. The molecule has 21 heavy (non-hydrogen) atoms. The van der Waals surface area contributed by atoms with E-state index in [2.05, 4.69) is 4.98 Å². The molecule has 1 aliphatic carbocycles. The van der Waals surface area contributed by atoms with Gasteiger partial charge in [0.05, 0.1) is 17.1 Å². The highest BCUT2D eigenvalue weighted by Gasteiger charge is 2.42. The van der Waals surface area contributed by atoms with Crippen molar-refractivity contribution in [1.82, 2.24) is 14.8 Å². The Balaban J connectivity index is 1.52. The van der Waals surface area contributed by atoms with Gasteiger partial charge in [-0.3, -0.25) is 9.59 Å². The van der Waals surface area contributed by atoms with Crippen molar-refractivity contribution < 1.29 is 9.59 Å². The molecule has 1 saturated carbocycles. The fourth-order valence-electron chi connectivity index (χ4n) is 2.89. The molecule has 0 aromatic carbocycles. The Bertz CT molecular complexity index is 553. The van der Waals surface area contributed by atoms with Gasteiger partial charge in [-0.2, -0.15) is 0 Å². The molecule has 1 aromatic rings. The van der Waals surface area contributed by atoms with E-state index in [0.717, 1.165) is 25.0 Å². The van der Waals surface area contributed by atoms with Crippen molar-refractivity contribution in [2.45, 2.75) is 38.6 Å². The zero-order valence-electron chi connectivity index (χ0n) is 12.5. The van der Waals surface area contributed by atoms with E-state index in [1.807, 2.05) is 24.4 Å². The largest absolute Gasteiger partial charge is 0.345 e. The summed E-state index contributed by atoms with van der Waals surface area (Å²) in [5.41, 5.74) is 2.90. The van der Waals surface area contributed by atoms with Gasteiger partial charge in [-0.1, -0.05) is 0 Å². The number of hydrogen-bond donors (Lipinski definition) is 0. The summed E-state index contributed by atoms with van der Waals surface area (Å²) < 4.78 is 0. The summed E-state index contributed by atoms with van der Waals surface area (Å²) >= 11 is 1.64. The van der Waals surface area contributed by atoms with Gasteiger partial charge >= 0.3 is 0 Å². The molecule has 6 heteroatoms. The smallest absolute Gasteiger partial charge is 0.227 e. The number of aromatic nitrogens is 1. The highest BCUT2D eigenvalue weighted by atomic mass is 32.1. The average molecular weight is 307 g/mol. The first-order chi connectivity index (χ1) is 10.1. The fourth-order valence-corrected chi connectivity index (χ4v) is 3.66. The van der Waals surface area contributed by atoms with Crippen LogP contribution in [0.15, 0.2) is 5.51 Å².